The minimum atomic E-state index is 0.554. The standard InChI is InChI=1S/C17H21ClN4/c1-12-10-16(21-15-4-2-3-5-15)22-17(20-12)19-11-13-6-8-14(18)9-7-13/h6-10,15H,2-5,11H2,1H3,(H2,19,20,21,22). The Morgan fingerprint density at radius 1 is 1.14 bits per heavy atom. The fraction of sp³-hybridized carbons (Fsp3) is 0.412. The van der Waals surface area contributed by atoms with Gasteiger partial charge in [-0.3, -0.25) is 0 Å². The first-order valence-corrected chi connectivity index (χ1v) is 8.17. The smallest absolute Gasteiger partial charge is 0.225 e. The molecule has 0 spiro atoms. The van der Waals surface area contributed by atoms with Gasteiger partial charge in [-0.1, -0.05) is 36.6 Å². The fourth-order valence-electron chi connectivity index (χ4n) is 2.78. The van der Waals surface area contributed by atoms with Crippen molar-refractivity contribution in [1.82, 2.24) is 9.97 Å². The van der Waals surface area contributed by atoms with Crippen LogP contribution in [0.4, 0.5) is 11.8 Å². The summed E-state index contributed by atoms with van der Waals surface area (Å²) >= 11 is 5.90. The summed E-state index contributed by atoms with van der Waals surface area (Å²) in [6.07, 6.45) is 5.08. The van der Waals surface area contributed by atoms with Crippen LogP contribution in [-0.4, -0.2) is 16.0 Å². The van der Waals surface area contributed by atoms with E-state index in [1.165, 1.54) is 25.7 Å². The van der Waals surface area contributed by atoms with E-state index in [9.17, 15) is 0 Å². The molecular weight excluding hydrogens is 296 g/mol. The highest BCUT2D eigenvalue weighted by molar-refractivity contribution is 6.30. The molecule has 2 aromatic rings. The van der Waals surface area contributed by atoms with E-state index in [0.29, 0.717) is 18.5 Å². The Balaban J connectivity index is 1.65. The molecule has 116 valence electrons. The molecule has 1 saturated carbocycles. The van der Waals surface area contributed by atoms with Gasteiger partial charge in [0.15, 0.2) is 0 Å². The van der Waals surface area contributed by atoms with Crippen LogP contribution >= 0.6 is 11.6 Å². The Labute approximate surface area is 136 Å². The maximum absolute atomic E-state index is 5.90. The van der Waals surface area contributed by atoms with Gasteiger partial charge in [0, 0.05) is 29.4 Å². The lowest BCUT2D eigenvalue weighted by atomic mass is 10.2. The van der Waals surface area contributed by atoms with Gasteiger partial charge in [0.05, 0.1) is 0 Å². The largest absolute Gasteiger partial charge is 0.367 e. The SMILES string of the molecule is Cc1cc(NC2CCCC2)nc(NCc2ccc(Cl)cc2)n1. The molecule has 0 aliphatic heterocycles. The second-order valence-corrected chi connectivity index (χ2v) is 6.26. The monoisotopic (exact) mass is 316 g/mol. The maximum Gasteiger partial charge on any atom is 0.225 e. The van der Waals surface area contributed by atoms with E-state index in [4.69, 9.17) is 11.6 Å². The van der Waals surface area contributed by atoms with E-state index in [0.717, 1.165) is 22.1 Å². The molecule has 22 heavy (non-hydrogen) atoms. The molecule has 4 nitrogen and oxygen atoms in total. The number of benzene rings is 1. The minimum absolute atomic E-state index is 0.554. The van der Waals surface area contributed by atoms with E-state index in [1.54, 1.807) is 0 Å². The van der Waals surface area contributed by atoms with Crippen molar-refractivity contribution in [1.29, 1.82) is 0 Å². The van der Waals surface area contributed by atoms with Crippen molar-refractivity contribution >= 4 is 23.4 Å². The van der Waals surface area contributed by atoms with Crippen LogP contribution < -0.4 is 10.6 Å². The summed E-state index contributed by atoms with van der Waals surface area (Å²) in [6.45, 7) is 2.68. The van der Waals surface area contributed by atoms with Crippen molar-refractivity contribution in [3.05, 3.63) is 46.6 Å². The number of aromatic nitrogens is 2. The molecule has 0 saturated heterocycles. The molecule has 3 rings (SSSR count). The molecule has 2 N–H and O–H groups in total. The quantitative estimate of drug-likeness (QED) is 0.858. The zero-order valence-corrected chi connectivity index (χ0v) is 13.5. The summed E-state index contributed by atoms with van der Waals surface area (Å²) in [7, 11) is 0. The molecule has 1 aliphatic carbocycles. The lowest BCUT2D eigenvalue weighted by molar-refractivity contribution is 0.749. The lowest BCUT2D eigenvalue weighted by Gasteiger charge is -2.14. The van der Waals surface area contributed by atoms with Crippen LogP contribution in [0.3, 0.4) is 0 Å². The predicted octanol–water partition coefficient (Wildman–Crippen LogP) is 4.41. The number of hydrogen-bond acceptors (Lipinski definition) is 4. The number of nitrogens with zero attached hydrogens (tertiary/aromatic N) is 2. The Morgan fingerprint density at radius 2 is 1.86 bits per heavy atom. The van der Waals surface area contributed by atoms with Crippen molar-refractivity contribution in [2.75, 3.05) is 10.6 Å². The Kier molecular flexibility index (Phi) is 4.78. The van der Waals surface area contributed by atoms with Gasteiger partial charge in [0.25, 0.3) is 0 Å². The molecule has 1 aromatic heterocycles. The molecule has 1 aliphatic rings. The second-order valence-electron chi connectivity index (χ2n) is 5.82. The molecule has 0 unspecified atom stereocenters. The van der Waals surface area contributed by atoms with Gasteiger partial charge in [-0.15, -0.1) is 0 Å². The first-order valence-electron chi connectivity index (χ1n) is 7.79. The average molecular weight is 317 g/mol. The molecule has 5 heteroatoms. The Bertz CT molecular complexity index is 621. The fourth-order valence-corrected chi connectivity index (χ4v) is 2.91. The number of aryl methyl sites for hydroxylation is 1. The molecule has 0 amide bonds. The van der Waals surface area contributed by atoms with E-state index < -0.39 is 0 Å². The molecule has 0 bridgehead atoms. The second kappa shape index (κ2) is 6.97. The third-order valence-corrected chi connectivity index (χ3v) is 4.18. The van der Waals surface area contributed by atoms with Crippen LogP contribution in [0.5, 0.6) is 0 Å². The molecule has 0 atom stereocenters. The van der Waals surface area contributed by atoms with E-state index in [-0.39, 0.29) is 0 Å². The van der Waals surface area contributed by atoms with E-state index in [1.807, 2.05) is 37.3 Å². The average Bonchev–Trinajstić information content (AvgIpc) is 2.99. The first kappa shape index (κ1) is 15.1. The highest BCUT2D eigenvalue weighted by Crippen LogP contribution is 2.22. The molecule has 1 aromatic carbocycles. The van der Waals surface area contributed by atoms with Crippen molar-refractivity contribution < 1.29 is 0 Å². The van der Waals surface area contributed by atoms with Gasteiger partial charge >= 0.3 is 0 Å². The van der Waals surface area contributed by atoms with E-state index >= 15 is 0 Å². The van der Waals surface area contributed by atoms with Crippen LogP contribution in [0.2, 0.25) is 5.02 Å². The zero-order chi connectivity index (χ0) is 15.4. The lowest BCUT2D eigenvalue weighted by Crippen LogP contribution is -2.16. The van der Waals surface area contributed by atoms with Gasteiger partial charge in [-0.25, -0.2) is 4.98 Å². The Morgan fingerprint density at radius 3 is 2.59 bits per heavy atom. The highest BCUT2D eigenvalue weighted by atomic mass is 35.5. The van der Waals surface area contributed by atoms with Crippen molar-refractivity contribution in [3.8, 4) is 0 Å². The summed E-state index contributed by atoms with van der Waals surface area (Å²) < 4.78 is 0. The van der Waals surface area contributed by atoms with Gasteiger partial charge in [-0.2, -0.15) is 4.98 Å². The molecule has 1 heterocycles. The molecule has 0 radical (unpaired) electrons. The molecule has 1 fully saturated rings. The number of nitrogens with one attached hydrogen (secondary N) is 2. The highest BCUT2D eigenvalue weighted by Gasteiger charge is 2.15. The first-order chi connectivity index (χ1) is 10.7. The van der Waals surface area contributed by atoms with Crippen molar-refractivity contribution in [2.45, 2.75) is 45.2 Å². The van der Waals surface area contributed by atoms with Crippen molar-refractivity contribution in [3.63, 3.8) is 0 Å². The Hall–Kier alpha value is -1.81. The predicted molar refractivity (Wildman–Crippen MR) is 91.4 cm³/mol. The van der Waals surface area contributed by atoms with Gasteiger partial charge in [-0.05, 0) is 37.5 Å². The number of rotatable bonds is 5. The van der Waals surface area contributed by atoms with Crippen LogP contribution in [0.1, 0.15) is 36.9 Å². The third-order valence-electron chi connectivity index (χ3n) is 3.93. The van der Waals surface area contributed by atoms with Gasteiger partial charge < -0.3 is 10.6 Å². The van der Waals surface area contributed by atoms with Crippen LogP contribution in [0.15, 0.2) is 30.3 Å². The zero-order valence-electron chi connectivity index (χ0n) is 12.8. The number of anilines is 2. The summed E-state index contributed by atoms with van der Waals surface area (Å²) in [6, 6.07) is 10.3. The maximum atomic E-state index is 5.90. The topological polar surface area (TPSA) is 49.8 Å². The van der Waals surface area contributed by atoms with E-state index in [2.05, 4.69) is 20.6 Å². The summed E-state index contributed by atoms with van der Waals surface area (Å²) in [5.74, 6) is 1.58. The summed E-state index contributed by atoms with van der Waals surface area (Å²) in [5.41, 5.74) is 2.12. The van der Waals surface area contributed by atoms with Crippen LogP contribution in [0.25, 0.3) is 0 Å². The van der Waals surface area contributed by atoms with Crippen LogP contribution in [-0.2, 0) is 6.54 Å². The van der Waals surface area contributed by atoms with Gasteiger partial charge in [0.2, 0.25) is 5.95 Å². The summed E-state index contributed by atoms with van der Waals surface area (Å²) in [5, 5.41) is 7.55. The molecular formula is C17H21ClN4. The van der Waals surface area contributed by atoms with Crippen LogP contribution in [0, 0.1) is 6.92 Å². The van der Waals surface area contributed by atoms with Crippen molar-refractivity contribution in [2.24, 2.45) is 0 Å². The third kappa shape index (κ3) is 4.10. The van der Waals surface area contributed by atoms with Gasteiger partial charge in [0.1, 0.15) is 5.82 Å². The summed E-state index contributed by atoms with van der Waals surface area (Å²) in [4.78, 5) is 9.02. The number of halogens is 1. The normalized spacial score (nSPS) is 15.0. The number of hydrogen-bond donors (Lipinski definition) is 2. The minimum Gasteiger partial charge on any atom is -0.367 e.